The van der Waals surface area contributed by atoms with Crippen molar-refractivity contribution >= 4 is 142 Å². The number of rotatable bonds is 1. The second kappa shape index (κ2) is 63.5. The van der Waals surface area contributed by atoms with Gasteiger partial charge in [-0.1, -0.05) is 92.1 Å². The maximum absolute atomic E-state index is 11.5. The van der Waals surface area contributed by atoms with Gasteiger partial charge < -0.3 is 0 Å². The van der Waals surface area contributed by atoms with Gasteiger partial charge in [0.05, 0.1) is 5.83 Å². The molecule has 18 heteroatoms. The third kappa shape index (κ3) is 559. The van der Waals surface area contributed by atoms with Crippen molar-refractivity contribution < 1.29 is 26.7 Å². The standard InChI is InChI=1S/C3H6Cl2.C3H6ClF.2C3H5Cl.C3H5F.C2HCl2F3.C2H5Cl.CH3Cl.CH4.3ClH.FH/c1-3(5)2-4;1-3(2,4)5;3*1-3(2)4;3-1(4)2(5,6)7;1-2-3;1-2;;;;;/h3H,2H2,1H3;1-2H3;3*1H2,2H3;1H;2H2,1H3;1H3;1H4;4*1H. The molecule has 0 aliphatic heterocycles. The summed E-state index contributed by atoms with van der Waals surface area (Å²) in [5, 5.41) is -0.128. The molecular formula is C21H44Cl12F6. The molecule has 0 N–H and O–H groups in total. The Labute approximate surface area is 297 Å². The normalized spacial score (nSPS) is 8.38. The van der Waals surface area contributed by atoms with Crippen LogP contribution in [-0.2, 0) is 0 Å². The van der Waals surface area contributed by atoms with Crippen molar-refractivity contribution in [3.63, 3.8) is 0 Å². The molecule has 0 bridgehead atoms. The molecule has 1 atom stereocenters. The summed E-state index contributed by atoms with van der Waals surface area (Å²) in [5.74, 6) is 0.932. The Bertz CT molecular complexity index is 373. The van der Waals surface area contributed by atoms with Gasteiger partial charge >= 0.3 is 6.18 Å². The fourth-order valence-electron chi connectivity index (χ4n) is 0. The Kier molecular flexibility index (Phi) is 136. The fourth-order valence-corrected chi connectivity index (χ4v) is 0. The molecule has 0 rings (SSSR count). The molecule has 0 aromatic rings. The number of hydrogen-bond acceptors (Lipinski definition) is 0. The Morgan fingerprint density at radius 1 is 0.795 bits per heavy atom. The molecule has 0 spiro atoms. The van der Waals surface area contributed by atoms with Crippen LogP contribution >= 0.6 is 142 Å². The molecule has 254 valence electrons. The van der Waals surface area contributed by atoms with Gasteiger partial charge in [0.15, 0.2) is 5.13 Å². The van der Waals surface area contributed by atoms with Crippen LogP contribution < -0.4 is 0 Å². The lowest BCUT2D eigenvalue weighted by Crippen LogP contribution is -2.16. The minimum absolute atomic E-state index is 0. The zero-order valence-electron chi connectivity index (χ0n) is 22.1. The first-order valence-corrected chi connectivity index (χ1v) is 12.9. The van der Waals surface area contributed by atoms with E-state index in [0.29, 0.717) is 15.9 Å². The third-order valence-corrected chi connectivity index (χ3v) is 1.73. The van der Waals surface area contributed by atoms with E-state index < -0.39 is 16.1 Å². The summed E-state index contributed by atoms with van der Waals surface area (Å²) < 4.78 is 55.0. The van der Waals surface area contributed by atoms with Crippen LogP contribution in [0.1, 0.15) is 55.9 Å². The van der Waals surface area contributed by atoms with E-state index >= 15 is 0 Å². The van der Waals surface area contributed by atoms with Gasteiger partial charge in [-0.3, -0.25) is 4.70 Å². The molecule has 39 heavy (non-hydrogen) atoms. The van der Waals surface area contributed by atoms with Crippen molar-refractivity contribution in [3.8, 4) is 0 Å². The lowest BCUT2D eigenvalue weighted by molar-refractivity contribution is -0.115. The van der Waals surface area contributed by atoms with E-state index in [-0.39, 0.29) is 60.6 Å². The summed E-state index contributed by atoms with van der Waals surface area (Å²) >= 11 is 44.0. The van der Waals surface area contributed by atoms with Crippen LogP contribution in [0.15, 0.2) is 35.6 Å². The molecule has 0 aliphatic rings. The van der Waals surface area contributed by atoms with Gasteiger partial charge in [0, 0.05) is 33.6 Å². The zero-order valence-corrected chi connectivity index (χ0v) is 31.4. The van der Waals surface area contributed by atoms with E-state index in [9.17, 15) is 22.0 Å². The number of halogens is 18. The van der Waals surface area contributed by atoms with Crippen LogP contribution in [0.25, 0.3) is 0 Å². The highest BCUT2D eigenvalue weighted by Crippen LogP contribution is 2.27. The summed E-state index contributed by atoms with van der Waals surface area (Å²) in [4.78, 5) is -2.26. The minimum atomic E-state index is -4.47. The van der Waals surface area contributed by atoms with E-state index in [2.05, 4.69) is 54.5 Å². The summed E-state index contributed by atoms with van der Waals surface area (Å²) in [6.07, 6.45) is -3.00. The lowest BCUT2D eigenvalue weighted by atomic mass is 10.5. The highest BCUT2D eigenvalue weighted by Gasteiger charge is 2.36. The van der Waals surface area contributed by atoms with E-state index in [1.807, 2.05) is 13.8 Å². The predicted octanol–water partition coefficient (Wildman–Crippen LogP) is 15.3. The van der Waals surface area contributed by atoms with Crippen molar-refractivity contribution in [1.29, 1.82) is 0 Å². The SMILES string of the molecule is C.C=C(C)Cl.C=C(C)Cl.C=C(C)F.CC(C)(F)Cl.CC(Cl)CCl.CCCl.CCl.Cl.Cl.Cl.F.FC(F)(F)C(Cl)Cl. The fraction of sp³-hybridized carbons (Fsp3) is 0.714. The molecule has 0 aromatic heterocycles. The summed E-state index contributed by atoms with van der Waals surface area (Å²) in [6, 6.07) is 0. The van der Waals surface area contributed by atoms with Crippen LogP contribution in [0, 0.1) is 0 Å². The van der Waals surface area contributed by atoms with Crippen LogP contribution in [0.3, 0.4) is 0 Å². The molecule has 1 unspecified atom stereocenters. The lowest BCUT2D eigenvalue weighted by Gasteiger charge is -2.03. The first-order valence-electron chi connectivity index (χ1n) is 8.62. The molecular weight excluding hydrogens is 792 g/mol. The average molecular weight is 836 g/mol. The van der Waals surface area contributed by atoms with Gasteiger partial charge in [-0.2, -0.15) is 13.2 Å². The minimum Gasteiger partial charge on any atom is -0.269 e. The van der Waals surface area contributed by atoms with Crippen LogP contribution in [0.2, 0.25) is 0 Å². The molecule has 0 aromatic carbocycles. The third-order valence-electron chi connectivity index (χ3n) is 0.460. The average Bonchev–Trinajstić information content (AvgIpc) is 2.54. The van der Waals surface area contributed by atoms with Gasteiger partial charge in [0.25, 0.3) is 0 Å². The number of hydrogen-bond donors (Lipinski definition) is 0. The largest absolute Gasteiger partial charge is 0.418 e. The quantitative estimate of drug-likeness (QED) is 0.182. The summed E-state index contributed by atoms with van der Waals surface area (Å²) in [6.45, 7) is 20.6. The van der Waals surface area contributed by atoms with Crippen LogP contribution in [0.4, 0.5) is 26.7 Å². The van der Waals surface area contributed by atoms with Crippen molar-refractivity contribution in [1.82, 2.24) is 0 Å². The van der Waals surface area contributed by atoms with Crippen LogP contribution in [0.5, 0.6) is 0 Å². The first-order chi connectivity index (χ1) is 14.8. The van der Waals surface area contributed by atoms with Gasteiger partial charge in [-0.05, 0) is 41.5 Å². The highest BCUT2D eigenvalue weighted by molar-refractivity contribution is 6.44. The zero-order chi connectivity index (χ0) is 30.3. The van der Waals surface area contributed by atoms with E-state index in [1.165, 1.54) is 27.2 Å². The van der Waals surface area contributed by atoms with Gasteiger partial charge in [0.1, 0.15) is 0 Å². The van der Waals surface area contributed by atoms with Crippen molar-refractivity contribution in [2.75, 3.05) is 18.1 Å². The molecule has 0 heterocycles. The second-order valence-corrected chi connectivity index (χ2v) is 10.3. The summed E-state index contributed by atoms with van der Waals surface area (Å²) in [5.41, 5.74) is 0. The maximum atomic E-state index is 11.5. The first kappa shape index (κ1) is 83.7. The van der Waals surface area contributed by atoms with E-state index in [4.69, 9.17) is 69.6 Å². The van der Waals surface area contributed by atoms with Gasteiger partial charge in [-0.15, -0.1) is 83.6 Å². The molecule has 0 saturated carbocycles. The van der Waals surface area contributed by atoms with Crippen LogP contribution in [-0.4, -0.2) is 39.7 Å². The molecule has 0 nitrogen and oxygen atoms in total. The molecule has 0 radical (unpaired) electrons. The van der Waals surface area contributed by atoms with E-state index in [1.54, 1.807) is 13.8 Å². The molecule has 0 amide bonds. The summed E-state index contributed by atoms with van der Waals surface area (Å²) in [7, 11) is 0. The van der Waals surface area contributed by atoms with E-state index in [0.717, 1.165) is 5.88 Å². The number of alkyl halides is 11. The topological polar surface area (TPSA) is 0 Å². The predicted molar refractivity (Wildman–Crippen MR) is 185 cm³/mol. The Balaban J connectivity index is -0.0000000180. The second-order valence-electron chi connectivity index (χ2n) is 5.40. The number of allylic oxidation sites excluding steroid dienone is 3. The smallest absolute Gasteiger partial charge is 0.269 e. The Morgan fingerprint density at radius 2 is 0.846 bits per heavy atom. The molecule has 0 fully saturated rings. The van der Waals surface area contributed by atoms with Gasteiger partial charge in [-0.25, -0.2) is 8.78 Å². The van der Waals surface area contributed by atoms with Crippen molar-refractivity contribution in [2.24, 2.45) is 0 Å². The van der Waals surface area contributed by atoms with Crippen molar-refractivity contribution in [3.05, 3.63) is 35.6 Å². The molecule has 0 aliphatic carbocycles. The highest BCUT2D eigenvalue weighted by atomic mass is 35.5. The monoisotopic (exact) mass is 830 g/mol. The Morgan fingerprint density at radius 3 is 0.846 bits per heavy atom. The Hall–Kier alpha value is 2.28. The maximum Gasteiger partial charge on any atom is 0.418 e. The van der Waals surface area contributed by atoms with Gasteiger partial charge in [0.2, 0.25) is 4.84 Å². The molecule has 0 saturated heterocycles. The van der Waals surface area contributed by atoms with Crippen molar-refractivity contribution in [2.45, 2.75) is 77.4 Å².